The lowest BCUT2D eigenvalue weighted by Crippen LogP contribution is -2.20. The largest absolute Gasteiger partial charge is 0.573 e. The van der Waals surface area contributed by atoms with E-state index in [1.165, 1.54) is 0 Å². The number of alkyl halides is 8. The minimum Gasteiger partial charge on any atom is -0.404 e. The number of rotatable bonds is 2. The maximum Gasteiger partial charge on any atom is 0.573 e. The van der Waals surface area contributed by atoms with Gasteiger partial charge in [0.25, 0.3) is 6.43 Å². The Balaban J connectivity index is 3.41. The van der Waals surface area contributed by atoms with Crippen LogP contribution in [0.5, 0.6) is 5.75 Å². The molecule has 0 unspecified atom stereocenters. The van der Waals surface area contributed by atoms with Crippen LogP contribution in [0.25, 0.3) is 0 Å². The molecule has 0 aliphatic rings. The van der Waals surface area contributed by atoms with Crippen LogP contribution in [0.4, 0.5) is 39.5 Å². The molecule has 0 amide bonds. The summed E-state index contributed by atoms with van der Waals surface area (Å²) in [6, 6.07) is 0. The molecular weight excluding hydrogens is 297 g/mol. The molecular formula is C8H2F9NO. The van der Waals surface area contributed by atoms with Crippen molar-refractivity contribution in [2.24, 2.45) is 0 Å². The number of pyridine rings is 1. The van der Waals surface area contributed by atoms with Gasteiger partial charge in [-0.3, -0.25) is 0 Å². The molecule has 1 aromatic heterocycles. The molecule has 1 heterocycles. The number of nitrogens with zero attached hydrogens (tertiary/aromatic N) is 1. The molecule has 0 bridgehead atoms. The minimum atomic E-state index is -5.47. The molecule has 0 atom stereocenters. The summed E-state index contributed by atoms with van der Waals surface area (Å²) in [7, 11) is 0. The summed E-state index contributed by atoms with van der Waals surface area (Å²) in [6.07, 6.45) is -15.1. The van der Waals surface area contributed by atoms with Gasteiger partial charge in [-0.2, -0.15) is 13.2 Å². The van der Waals surface area contributed by atoms with Crippen LogP contribution in [0.1, 0.15) is 17.7 Å². The van der Waals surface area contributed by atoms with Gasteiger partial charge in [0, 0.05) is 0 Å². The zero-order valence-electron chi connectivity index (χ0n) is 8.41. The van der Waals surface area contributed by atoms with Gasteiger partial charge >= 0.3 is 12.5 Å². The van der Waals surface area contributed by atoms with E-state index in [0.29, 0.717) is 0 Å². The minimum absolute atomic E-state index is 0.263. The maximum absolute atomic E-state index is 13.1. The van der Waals surface area contributed by atoms with Crippen LogP contribution in [0.2, 0.25) is 0 Å². The number of halogens is 9. The fraction of sp³-hybridized carbons (Fsp3) is 0.375. The topological polar surface area (TPSA) is 22.1 Å². The van der Waals surface area contributed by atoms with Gasteiger partial charge in [-0.1, -0.05) is 0 Å². The highest BCUT2D eigenvalue weighted by Gasteiger charge is 2.41. The molecule has 19 heavy (non-hydrogen) atoms. The van der Waals surface area contributed by atoms with Crippen LogP contribution in [-0.4, -0.2) is 11.3 Å². The number of ether oxygens (including phenoxy) is 1. The highest BCUT2D eigenvalue weighted by atomic mass is 19.4. The first-order valence-electron chi connectivity index (χ1n) is 4.23. The first kappa shape index (κ1) is 15.4. The van der Waals surface area contributed by atoms with E-state index in [1.807, 2.05) is 0 Å². The molecule has 0 aliphatic heterocycles. The standard InChI is InChI=1S/C8H2F9NO/c9-4-3(6(10)11)2(19-8(15,16)17)1-18-5(4)7(12,13)14/h1,6H. The van der Waals surface area contributed by atoms with E-state index in [1.54, 1.807) is 0 Å². The Morgan fingerprint density at radius 2 is 1.58 bits per heavy atom. The molecule has 0 radical (unpaired) electrons. The van der Waals surface area contributed by atoms with Gasteiger partial charge in [-0.05, 0) is 0 Å². The molecule has 1 aromatic rings. The number of hydrogen-bond acceptors (Lipinski definition) is 2. The van der Waals surface area contributed by atoms with Crippen LogP contribution in [0.15, 0.2) is 6.20 Å². The molecule has 0 aliphatic carbocycles. The zero-order chi connectivity index (χ0) is 15.0. The Bertz CT molecular complexity index is 465. The van der Waals surface area contributed by atoms with Gasteiger partial charge in [0.05, 0.1) is 11.8 Å². The van der Waals surface area contributed by atoms with E-state index >= 15 is 0 Å². The van der Waals surface area contributed by atoms with Crippen molar-refractivity contribution in [2.75, 3.05) is 0 Å². The van der Waals surface area contributed by atoms with Gasteiger partial charge in [-0.25, -0.2) is 18.2 Å². The highest BCUT2D eigenvalue weighted by molar-refractivity contribution is 5.36. The first-order chi connectivity index (χ1) is 8.43. The molecule has 1 rings (SSSR count). The van der Waals surface area contributed by atoms with E-state index < -0.39 is 41.8 Å². The van der Waals surface area contributed by atoms with Crippen molar-refractivity contribution in [1.82, 2.24) is 4.98 Å². The molecule has 0 fully saturated rings. The molecule has 0 saturated carbocycles. The third-order valence-corrected chi connectivity index (χ3v) is 1.73. The lowest BCUT2D eigenvalue weighted by Gasteiger charge is -2.15. The predicted octanol–water partition coefficient (Wildman–Crippen LogP) is 4.08. The second kappa shape index (κ2) is 4.78. The fourth-order valence-corrected chi connectivity index (χ4v) is 1.09. The molecule has 0 saturated heterocycles. The molecule has 11 heteroatoms. The van der Waals surface area contributed by atoms with E-state index in [0.717, 1.165) is 0 Å². The summed E-state index contributed by atoms with van der Waals surface area (Å²) in [4.78, 5) is 2.32. The van der Waals surface area contributed by atoms with Crippen LogP contribution in [0.3, 0.4) is 0 Å². The van der Waals surface area contributed by atoms with Crippen LogP contribution in [0, 0.1) is 5.82 Å². The summed E-state index contributed by atoms with van der Waals surface area (Å²) in [6.45, 7) is 0. The lowest BCUT2D eigenvalue weighted by atomic mass is 10.2. The Morgan fingerprint density at radius 3 is 1.95 bits per heavy atom. The second-order valence-corrected chi connectivity index (χ2v) is 3.04. The Morgan fingerprint density at radius 1 is 1.05 bits per heavy atom. The molecule has 0 aromatic carbocycles. The summed E-state index contributed by atoms with van der Waals surface area (Å²) in [5, 5.41) is 0. The predicted molar refractivity (Wildman–Crippen MR) is 40.8 cm³/mol. The SMILES string of the molecule is Fc1c(C(F)(F)F)ncc(OC(F)(F)F)c1C(F)F. The van der Waals surface area contributed by atoms with Gasteiger partial charge in [0.1, 0.15) is 0 Å². The van der Waals surface area contributed by atoms with Crippen LogP contribution < -0.4 is 4.74 Å². The lowest BCUT2D eigenvalue weighted by molar-refractivity contribution is -0.275. The Kier molecular flexibility index (Phi) is 3.87. The van der Waals surface area contributed by atoms with Crippen molar-refractivity contribution >= 4 is 0 Å². The van der Waals surface area contributed by atoms with E-state index in [4.69, 9.17) is 0 Å². The molecule has 0 spiro atoms. The molecule has 0 N–H and O–H groups in total. The summed E-state index contributed by atoms with van der Waals surface area (Å²) in [5.41, 5.74) is -4.50. The quantitative estimate of drug-likeness (QED) is 0.768. The number of aromatic nitrogens is 1. The average Bonchev–Trinajstić information content (AvgIpc) is 2.11. The summed E-state index contributed by atoms with van der Waals surface area (Å²) < 4.78 is 113. The summed E-state index contributed by atoms with van der Waals surface area (Å²) in [5.74, 6) is -4.43. The average molecular weight is 299 g/mol. The molecule has 2 nitrogen and oxygen atoms in total. The van der Waals surface area contributed by atoms with Crippen molar-refractivity contribution < 1.29 is 44.3 Å². The van der Waals surface area contributed by atoms with Crippen molar-refractivity contribution in [3.63, 3.8) is 0 Å². The van der Waals surface area contributed by atoms with Crippen molar-refractivity contribution in [2.45, 2.75) is 19.0 Å². The highest BCUT2D eigenvalue weighted by Crippen LogP contribution is 2.39. The normalized spacial score (nSPS) is 12.9. The second-order valence-electron chi connectivity index (χ2n) is 3.04. The monoisotopic (exact) mass is 299 g/mol. The van der Waals surface area contributed by atoms with Gasteiger partial charge < -0.3 is 4.74 Å². The van der Waals surface area contributed by atoms with Crippen LogP contribution in [-0.2, 0) is 6.18 Å². The maximum atomic E-state index is 13.1. The van der Waals surface area contributed by atoms with Crippen molar-refractivity contribution in [3.8, 4) is 5.75 Å². The van der Waals surface area contributed by atoms with E-state index in [2.05, 4.69) is 9.72 Å². The van der Waals surface area contributed by atoms with Crippen molar-refractivity contribution in [3.05, 3.63) is 23.3 Å². The Labute approximate surface area is 98.3 Å². The van der Waals surface area contributed by atoms with Crippen LogP contribution >= 0.6 is 0 Å². The fourth-order valence-electron chi connectivity index (χ4n) is 1.09. The van der Waals surface area contributed by atoms with Gasteiger partial charge in [-0.15, -0.1) is 13.2 Å². The first-order valence-corrected chi connectivity index (χ1v) is 4.23. The third kappa shape index (κ3) is 3.64. The third-order valence-electron chi connectivity index (χ3n) is 1.73. The van der Waals surface area contributed by atoms with E-state index in [9.17, 15) is 39.5 Å². The van der Waals surface area contributed by atoms with Crippen molar-refractivity contribution in [1.29, 1.82) is 0 Å². The smallest absolute Gasteiger partial charge is 0.404 e. The van der Waals surface area contributed by atoms with E-state index in [-0.39, 0.29) is 6.20 Å². The number of hydrogen-bond donors (Lipinski definition) is 0. The van der Waals surface area contributed by atoms with Gasteiger partial charge in [0.15, 0.2) is 17.3 Å². The Hall–Kier alpha value is -1.68. The summed E-state index contributed by atoms with van der Waals surface area (Å²) >= 11 is 0. The molecule has 108 valence electrons. The zero-order valence-corrected chi connectivity index (χ0v) is 8.41. The van der Waals surface area contributed by atoms with Gasteiger partial charge in [0.2, 0.25) is 0 Å².